The molecule has 6 heteroatoms. The van der Waals surface area contributed by atoms with Crippen LogP contribution in [0.25, 0.3) is 0 Å². The molecule has 30 heavy (non-hydrogen) atoms. The van der Waals surface area contributed by atoms with Crippen LogP contribution in [0.1, 0.15) is 17.2 Å². The molecule has 0 amide bonds. The van der Waals surface area contributed by atoms with E-state index in [2.05, 4.69) is 29.2 Å². The zero-order valence-corrected chi connectivity index (χ0v) is 17.4. The van der Waals surface area contributed by atoms with Gasteiger partial charge in [-0.25, -0.2) is 8.42 Å². The maximum absolute atomic E-state index is 13.5. The third kappa shape index (κ3) is 3.46. The van der Waals surface area contributed by atoms with Gasteiger partial charge in [0.2, 0.25) is 0 Å². The van der Waals surface area contributed by atoms with Gasteiger partial charge in [-0.05, 0) is 23.3 Å². The van der Waals surface area contributed by atoms with Crippen molar-refractivity contribution in [3.05, 3.63) is 102 Å². The van der Waals surface area contributed by atoms with Gasteiger partial charge in [0.15, 0.2) is 9.84 Å². The zero-order chi connectivity index (χ0) is 20.6. The summed E-state index contributed by atoms with van der Waals surface area (Å²) >= 11 is 0. The lowest BCUT2D eigenvalue weighted by molar-refractivity contribution is -0.150. The van der Waals surface area contributed by atoms with Crippen molar-refractivity contribution in [1.29, 1.82) is 0 Å². The Kier molecular flexibility index (Phi) is 5.16. The summed E-state index contributed by atoms with van der Waals surface area (Å²) in [6.45, 7) is 1.55. The second-order valence-corrected chi connectivity index (χ2v) is 9.97. The number of benzene rings is 3. The summed E-state index contributed by atoms with van der Waals surface area (Å²) in [7, 11) is -3.53. The standard InChI is InChI=1S/C24H24N2O3S/c27-30(28,21-14-8-3-9-15-21)23-18-29-26-22(20-12-6-2-7-13-20)17-25(24(23)26)16-19-10-4-1-5-11-19/h1-15,22-24H,16-18H2. The zero-order valence-electron chi connectivity index (χ0n) is 16.5. The van der Waals surface area contributed by atoms with E-state index in [4.69, 9.17) is 4.84 Å². The molecule has 3 aromatic carbocycles. The van der Waals surface area contributed by atoms with Crippen LogP contribution in [0.4, 0.5) is 0 Å². The van der Waals surface area contributed by atoms with E-state index in [0.29, 0.717) is 18.0 Å². The first-order valence-electron chi connectivity index (χ1n) is 10.2. The molecule has 2 saturated heterocycles. The normalized spacial score (nSPS) is 24.7. The van der Waals surface area contributed by atoms with Gasteiger partial charge in [-0.2, -0.15) is 5.06 Å². The molecule has 0 aromatic heterocycles. The fraction of sp³-hybridized carbons (Fsp3) is 0.250. The van der Waals surface area contributed by atoms with Crippen molar-refractivity contribution in [2.45, 2.75) is 28.9 Å². The largest absolute Gasteiger partial charge is 0.295 e. The van der Waals surface area contributed by atoms with Crippen LogP contribution in [-0.2, 0) is 21.2 Å². The Labute approximate surface area is 177 Å². The van der Waals surface area contributed by atoms with E-state index in [0.717, 1.165) is 11.1 Å². The van der Waals surface area contributed by atoms with Gasteiger partial charge in [-0.15, -0.1) is 0 Å². The van der Waals surface area contributed by atoms with E-state index in [1.807, 2.05) is 47.5 Å². The number of hydrogen-bond acceptors (Lipinski definition) is 5. The first kappa shape index (κ1) is 19.5. The molecule has 0 bridgehead atoms. The minimum atomic E-state index is -3.53. The number of nitrogens with zero attached hydrogens (tertiary/aromatic N) is 2. The molecule has 3 aromatic rings. The summed E-state index contributed by atoms with van der Waals surface area (Å²) in [6, 6.07) is 29.1. The second kappa shape index (κ2) is 7.96. The molecular formula is C24H24N2O3S. The number of hydroxylamine groups is 2. The van der Waals surface area contributed by atoms with E-state index < -0.39 is 15.1 Å². The van der Waals surface area contributed by atoms with Crippen LogP contribution >= 0.6 is 0 Å². The van der Waals surface area contributed by atoms with E-state index in [-0.39, 0.29) is 18.8 Å². The van der Waals surface area contributed by atoms with Crippen LogP contribution in [0.5, 0.6) is 0 Å². The lowest BCUT2D eigenvalue weighted by atomic mass is 10.1. The quantitative estimate of drug-likeness (QED) is 0.631. The predicted molar refractivity (Wildman–Crippen MR) is 115 cm³/mol. The molecule has 154 valence electrons. The predicted octanol–water partition coefficient (Wildman–Crippen LogP) is 3.66. The molecule has 3 atom stereocenters. The van der Waals surface area contributed by atoms with E-state index in [1.165, 1.54) is 0 Å². The number of fused-ring (bicyclic) bond motifs is 1. The maximum atomic E-state index is 13.5. The molecule has 0 spiro atoms. The molecule has 2 aliphatic heterocycles. The van der Waals surface area contributed by atoms with Crippen molar-refractivity contribution < 1.29 is 13.3 Å². The van der Waals surface area contributed by atoms with Gasteiger partial charge >= 0.3 is 0 Å². The van der Waals surface area contributed by atoms with Gasteiger partial charge in [0.1, 0.15) is 11.4 Å². The van der Waals surface area contributed by atoms with Crippen molar-refractivity contribution in [2.24, 2.45) is 0 Å². The van der Waals surface area contributed by atoms with E-state index in [9.17, 15) is 8.42 Å². The van der Waals surface area contributed by atoms with Crippen molar-refractivity contribution in [1.82, 2.24) is 9.96 Å². The van der Waals surface area contributed by atoms with Crippen molar-refractivity contribution in [2.75, 3.05) is 13.2 Å². The van der Waals surface area contributed by atoms with Crippen LogP contribution < -0.4 is 0 Å². The van der Waals surface area contributed by atoms with Gasteiger partial charge in [0.25, 0.3) is 0 Å². The summed E-state index contributed by atoms with van der Waals surface area (Å²) in [5, 5.41) is 1.26. The summed E-state index contributed by atoms with van der Waals surface area (Å²) in [5.74, 6) is 0. The minimum Gasteiger partial charge on any atom is -0.295 e. The average molecular weight is 421 g/mol. The molecule has 2 aliphatic rings. The van der Waals surface area contributed by atoms with Crippen molar-refractivity contribution in [3.8, 4) is 0 Å². The van der Waals surface area contributed by atoms with Crippen LogP contribution in [0, 0.1) is 0 Å². The Morgan fingerprint density at radius 1 is 0.833 bits per heavy atom. The van der Waals surface area contributed by atoms with Gasteiger partial charge in [-0.3, -0.25) is 9.74 Å². The Morgan fingerprint density at radius 3 is 2.10 bits per heavy atom. The van der Waals surface area contributed by atoms with Gasteiger partial charge in [0, 0.05) is 13.1 Å². The summed E-state index contributed by atoms with van der Waals surface area (Å²) in [5.41, 5.74) is 2.30. The Bertz CT molecular complexity index is 1090. The van der Waals surface area contributed by atoms with Crippen LogP contribution in [0.15, 0.2) is 95.9 Å². The van der Waals surface area contributed by atoms with Crippen molar-refractivity contribution in [3.63, 3.8) is 0 Å². The molecular weight excluding hydrogens is 396 g/mol. The van der Waals surface area contributed by atoms with E-state index in [1.54, 1.807) is 24.3 Å². The summed E-state index contributed by atoms with van der Waals surface area (Å²) in [6.07, 6.45) is -0.333. The average Bonchev–Trinajstić information content (AvgIpc) is 3.38. The summed E-state index contributed by atoms with van der Waals surface area (Å²) in [4.78, 5) is 8.64. The van der Waals surface area contributed by atoms with Crippen LogP contribution in [0.2, 0.25) is 0 Å². The number of rotatable bonds is 5. The molecule has 5 rings (SSSR count). The van der Waals surface area contributed by atoms with Crippen molar-refractivity contribution >= 4 is 9.84 Å². The van der Waals surface area contributed by atoms with E-state index >= 15 is 0 Å². The highest BCUT2D eigenvalue weighted by Gasteiger charge is 2.54. The number of hydrogen-bond donors (Lipinski definition) is 0. The smallest absolute Gasteiger partial charge is 0.186 e. The molecule has 0 saturated carbocycles. The van der Waals surface area contributed by atoms with Gasteiger partial charge in [-0.1, -0.05) is 78.9 Å². The highest BCUT2D eigenvalue weighted by molar-refractivity contribution is 7.92. The van der Waals surface area contributed by atoms with Gasteiger partial charge in [0.05, 0.1) is 17.5 Å². The van der Waals surface area contributed by atoms with Crippen LogP contribution in [0.3, 0.4) is 0 Å². The lowest BCUT2D eigenvalue weighted by Crippen LogP contribution is -2.45. The third-order valence-electron chi connectivity index (χ3n) is 5.95. The fourth-order valence-electron chi connectivity index (χ4n) is 4.51. The number of sulfone groups is 1. The Morgan fingerprint density at radius 2 is 1.43 bits per heavy atom. The highest BCUT2D eigenvalue weighted by Crippen LogP contribution is 2.41. The Balaban J connectivity index is 1.51. The first-order valence-corrected chi connectivity index (χ1v) is 11.7. The Hall–Kier alpha value is -2.51. The molecule has 0 radical (unpaired) electrons. The molecule has 0 N–H and O–H groups in total. The maximum Gasteiger partial charge on any atom is 0.186 e. The molecule has 2 fully saturated rings. The van der Waals surface area contributed by atoms with Gasteiger partial charge < -0.3 is 0 Å². The molecule has 5 nitrogen and oxygen atoms in total. The topological polar surface area (TPSA) is 49.9 Å². The molecule has 3 unspecified atom stereocenters. The fourth-order valence-corrected chi connectivity index (χ4v) is 6.24. The molecule has 2 heterocycles. The highest BCUT2D eigenvalue weighted by atomic mass is 32.2. The SMILES string of the molecule is O=S(=O)(c1ccccc1)C1CON2C(c3ccccc3)CN(Cc3ccccc3)C12. The minimum absolute atomic E-state index is 0.00381. The lowest BCUT2D eigenvalue weighted by Gasteiger charge is -2.27. The first-order chi connectivity index (χ1) is 14.6. The third-order valence-corrected chi connectivity index (χ3v) is 8.06. The molecule has 0 aliphatic carbocycles. The summed E-state index contributed by atoms with van der Waals surface area (Å²) < 4.78 is 27.0. The second-order valence-electron chi connectivity index (χ2n) is 7.81. The monoisotopic (exact) mass is 420 g/mol. The van der Waals surface area contributed by atoms with Crippen LogP contribution in [-0.4, -0.2) is 42.9 Å².